The summed E-state index contributed by atoms with van der Waals surface area (Å²) in [6, 6.07) is 4.50. The second-order valence-electron chi connectivity index (χ2n) is 6.43. The second-order valence-corrected chi connectivity index (χ2v) is 6.84. The van der Waals surface area contributed by atoms with Crippen molar-refractivity contribution in [3.8, 4) is 0 Å². The average Bonchev–Trinajstić information content (AvgIpc) is 3.05. The van der Waals surface area contributed by atoms with E-state index in [2.05, 4.69) is 20.6 Å². The minimum atomic E-state index is -0.331. The highest BCUT2D eigenvalue weighted by atomic mass is 127. The highest BCUT2D eigenvalue weighted by Gasteiger charge is 2.23. The standard InChI is InChI=1S/C18H25ClFN5.HI/c1-4-22-17(23-8-10-25-9-7-21-13-25)24-12-18(2,3)15-6-5-14(20)11-16(15)19;/h5-7,9,11,13H,4,8,10,12H2,1-3H3,(H2,22,23,24);1H. The van der Waals surface area contributed by atoms with E-state index in [-0.39, 0.29) is 35.2 Å². The molecule has 0 saturated carbocycles. The molecule has 0 aliphatic carbocycles. The maximum Gasteiger partial charge on any atom is 0.191 e. The third-order valence-electron chi connectivity index (χ3n) is 3.86. The van der Waals surface area contributed by atoms with Gasteiger partial charge in [0, 0.05) is 42.5 Å². The molecule has 8 heteroatoms. The Morgan fingerprint density at radius 3 is 2.73 bits per heavy atom. The first-order valence-electron chi connectivity index (χ1n) is 8.36. The normalized spacial score (nSPS) is 11.8. The van der Waals surface area contributed by atoms with Crippen molar-refractivity contribution >= 4 is 41.5 Å². The van der Waals surface area contributed by atoms with Crippen LogP contribution in [0.2, 0.25) is 5.02 Å². The van der Waals surface area contributed by atoms with Crippen LogP contribution in [0.3, 0.4) is 0 Å². The van der Waals surface area contributed by atoms with Crippen molar-refractivity contribution in [1.82, 2.24) is 20.2 Å². The molecule has 2 rings (SSSR count). The van der Waals surface area contributed by atoms with E-state index in [4.69, 9.17) is 11.6 Å². The molecule has 0 radical (unpaired) electrons. The van der Waals surface area contributed by atoms with E-state index < -0.39 is 0 Å². The van der Waals surface area contributed by atoms with Gasteiger partial charge in [-0.2, -0.15) is 0 Å². The lowest BCUT2D eigenvalue weighted by atomic mass is 9.84. The molecule has 0 saturated heterocycles. The molecule has 0 spiro atoms. The lowest BCUT2D eigenvalue weighted by molar-refractivity contribution is 0.534. The predicted octanol–water partition coefficient (Wildman–Crippen LogP) is 3.83. The lowest BCUT2D eigenvalue weighted by Gasteiger charge is -2.25. The minimum Gasteiger partial charge on any atom is -0.357 e. The number of imidazole rings is 1. The van der Waals surface area contributed by atoms with Crippen molar-refractivity contribution in [2.24, 2.45) is 4.99 Å². The molecule has 1 aromatic carbocycles. The quantitative estimate of drug-likeness (QED) is 0.350. The summed E-state index contributed by atoms with van der Waals surface area (Å²) in [5.74, 6) is 0.413. The van der Waals surface area contributed by atoms with Crippen LogP contribution < -0.4 is 10.6 Å². The monoisotopic (exact) mass is 493 g/mol. The molecule has 0 fully saturated rings. The molecule has 0 unspecified atom stereocenters. The van der Waals surface area contributed by atoms with Crippen molar-refractivity contribution in [3.05, 3.63) is 53.3 Å². The molecule has 1 heterocycles. The zero-order valence-electron chi connectivity index (χ0n) is 15.3. The third kappa shape index (κ3) is 6.75. The third-order valence-corrected chi connectivity index (χ3v) is 4.17. The number of aromatic nitrogens is 2. The van der Waals surface area contributed by atoms with E-state index in [1.807, 2.05) is 31.5 Å². The fourth-order valence-electron chi connectivity index (χ4n) is 2.46. The van der Waals surface area contributed by atoms with Crippen LogP contribution in [0, 0.1) is 5.82 Å². The molecule has 26 heavy (non-hydrogen) atoms. The topological polar surface area (TPSA) is 54.2 Å². The van der Waals surface area contributed by atoms with E-state index in [0.29, 0.717) is 11.6 Å². The summed E-state index contributed by atoms with van der Waals surface area (Å²) in [6.07, 6.45) is 5.46. The Labute approximate surface area is 176 Å². The number of aliphatic imine (C=N–C) groups is 1. The van der Waals surface area contributed by atoms with Crippen molar-refractivity contribution in [2.75, 3.05) is 19.6 Å². The smallest absolute Gasteiger partial charge is 0.191 e. The van der Waals surface area contributed by atoms with Crippen LogP contribution in [0.4, 0.5) is 4.39 Å². The number of nitrogens with zero attached hydrogens (tertiary/aromatic N) is 3. The fraction of sp³-hybridized carbons (Fsp3) is 0.444. The summed E-state index contributed by atoms with van der Waals surface area (Å²) in [5, 5.41) is 6.96. The number of nitrogens with one attached hydrogen (secondary N) is 2. The number of hydrogen-bond acceptors (Lipinski definition) is 2. The van der Waals surface area contributed by atoms with Gasteiger partial charge >= 0.3 is 0 Å². The van der Waals surface area contributed by atoms with Crippen molar-refractivity contribution < 1.29 is 4.39 Å². The number of benzene rings is 1. The van der Waals surface area contributed by atoms with Gasteiger partial charge in [-0.15, -0.1) is 24.0 Å². The molecule has 144 valence electrons. The summed E-state index contributed by atoms with van der Waals surface area (Å²) >= 11 is 6.20. The van der Waals surface area contributed by atoms with Crippen LogP contribution >= 0.6 is 35.6 Å². The minimum absolute atomic E-state index is 0. The van der Waals surface area contributed by atoms with Gasteiger partial charge in [0.15, 0.2) is 5.96 Å². The van der Waals surface area contributed by atoms with Crippen LogP contribution in [0.1, 0.15) is 26.3 Å². The summed E-state index contributed by atoms with van der Waals surface area (Å²) in [5.41, 5.74) is 0.575. The maximum absolute atomic E-state index is 13.3. The molecule has 1 aromatic heterocycles. The molecule has 0 aliphatic rings. The highest BCUT2D eigenvalue weighted by molar-refractivity contribution is 14.0. The Morgan fingerprint density at radius 1 is 1.35 bits per heavy atom. The Balaban J connectivity index is 0.00000338. The van der Waals surface area contributed by atoms with Gasteiger partial charge in [-0.05, 0) is 24.6 Å². The van der Waals surface area contributed by atoms with Gasteiger partial charge in [-0.25, -0.2) is 9.37 Å². The molecular weight excluding hydrogens is 468 g/mol. The predicted molar refractivity (Wildman–Crippen MR) is 116 cm³/mol. The zero-order valence-corrected chi connectivity index (χ0v) is 18.4. The maximum atomic E-state index is 13.3. The van der Waals surface area contributed by atoms with E-state index in [0.717, 1.165) is 31.2 Å². The fourth-order valence-corrected chi connectivity index (χ4v) is 2.89. The van der Waals surface area contributed by atoms with Crippen LogP contribution in [-0.2, 0) is 12.0 Å². The van der Waals surface area contributed by atoms with Crippen LogP contribution in [0.15, 0.2) is 41.9 Å². The van der Waals surface area contributed by atoms with Crippen molar-refractivity contribution in [2.45, 2.75) is 32.7 Å². The molecule has 0 bridgehead atoms. The molecule has 0 aliphatic heterocycles. The van der Waals surface area contributed by atoms with Gasteiger partial charge in [0.05, 0.1) is 12.9 Å². The molecule has 2 aromatic rings. The van der Waals surface area contributed by atoms with Gasteiger partial charge < -0.3 is 15.2 Å². The summed E-state index contributed by atoms with van der Waals surface area (Å²) in [7, 11) is 0. The van der Waals surface area contributed by atoms with Crippen molar-refractivity contribution in [3.63, 3.8) is 0 Å². The SMILES string of the molecule is CCNC(=NCC(C)(C)c1ccc(F)cc1Cl)NCCn1ccnc1.I. The number of halogens is 3. The van der Waals surface area contributed by atoms with Gasteiger partial charge in [-0.1, -0.05) is 31.5 Å². The lowest BCUT2D eigenvalue weighted by Crippen LogP contribution is -2.39. The highest BCUT2D eigenvalue weighted by Crippen LogP contribution is 2.30. The van der Waals surface area contributed by atoms with Gasteiger partial charge in [0.25, 0.3) is 0 Å². The van der Waals surface area contributed by atoms with Crippen molar-refractivity contribution in [1.29, 1.82) is 0 Å². The number of hydrogen-bond donors (Lipinski definition) is 2. The molecule has 0 atom stereocenters. The second kappa shape index (κ2) is 10.7. The summed E-state index contributed by atoms with van der Waals surface area (Å²) < 4.78 is 15.3. The molecule has 5 nitrogen and oxygen atoms in total. The van der Waals surface area contributed by atoms with Gasteiger partial charge in [0.2, 0.25) is 0 Å². The van der Waals surface area contributed by atoms with E-state index in [1.165, 1.54) is 12.1 Å². The Hall–Kier alpha value is -1.35. The van der Waals surface area contributed by atoms with Crippen LogP contribution in [-0.4, -0.2) is 35.1 Å². The first-order valence-corrected chi connectivity index (χ1v) is 8.73. The first-order chi connectivity index (χ1) is 11.9. The van der Waals surface area contributed by atoms with Gasteiger partial charge in [0.1, 0.15) is 5.82 Å². The average molecular weight is 494 g/mol. The number of rotatable bonds is 7. The Kier molecular flexibility index (Phi) is 9.35. The van der Waals surface area contributed by atoms with Crippen LogP contribution in [0.5, 0.6) is 0 Å². The van der Waals surface area contributed by atoms with Crippen LogP contribution in [0.25, 0.3) is 0 Å². The zero-order chi connectivity index (χ0) is 18.3. The molecule has 0 amide bonds. The Morgan fingerprint density at radius 2 is 2.12 bits per heavy atom. The first kappa shape index (κ1) is 22.7. The molecule has 2 N–H and O–H groups in total. The number of guanidine groups is 1. The molecular formula is C18H26ClFIN5. The van der Waals surface area contributed by atoms with E-state index in [1.54, 1.807) is 18.6 Å². The summed E-state index contributed by atoms with van der Waals surface area (Å²) in [4.78, 5) is 8.68. The largest absolute Gasteiger partial charge is 0.357 e. The van der Waals surface area contributed by atoms with E-state index in [9.17, 15) is 4.39 Å². The Bertz CT molecular complexity index is 704. The van der Waals surface area contributed by atoms with E-state index >= 15 is 0 Å². The summed E-state index contributed by atoms with van der Waals surface area (Å²) in [6.45, 7) is 8.95. The van der Waals surface area contributed by atoms with Gasteiger partial charge in [-0.3, -0.25) is 4.99 Å².